The van der Waals surface area contributed by atoms with Crippen molar-refractivity contribution in [2.24, 2.45) is 11.1 Å². The number of H-pyrrole nitrogens is 1. The van der Waals surface area contributed by atoms with E-state index in [1.807, 2.05) is 65.7 Å². The Balaban J connectivity index is 0.00000101. The standard InChI is InChI=1S/C31H30N4O3S.CH3NO/c36-29(14-20-7-8-28-26(13-20)38-25-5-1-2-6-27(25)39-28)35-19-31(10-3-4-11-31)16-24(35)30(37)33-18-22-15-21-17-32-12-9-23(21)34-22;2-1-3/h1-2,5-9,12-13,15,17,24,34H,3-4,10-11,14,16,18-19H2,(H,33,37);1H,(H2,2,3). The summed E-state index contributed by atoms with van der Waals surface area (Å²) in [6.45, 7) is 1.05. The van der Waals surface area contributed by atoms with Gasteiger partial charge in [-0.05, 0) is 66.6 Å². The molecule has 1 saturated heterocycles. The number of nitrogens with zero attached hydrogens (tertiary/aromatic N) is 2. The number of primary amides is 1. The monoisotopic (exact) mass is 583 g/mol. The molecule has 1 saturated carbocycles. The van der Waals surface area contributed by atoms with E-state index in [-0.39, 0.29) is 30.1 Å². The molecule has 9 nitrogen and oxygen atoms in total. The minimum Gasteiger partial charge on any atom is -0.455 e. The Kier molecular flexibility index (Phi) is 7.88. The van der Waals surface area contributed by atoms with Crippen molar-refractivity contribution in [1.29, 1.82) is 0 Å². The summed E-state index contributed by atoms with van der Waals surface area (Å²) in [5.74, 6) is 1.54. The second-order valence-electron chi connectivity index (χ2n) is 11.2. The topological polar surface area (TPSA) is 130 Å². The summed E-state index contributed by atoms with van der Waals surface area (Å²) in [5.41, 5.74) is 7.04. The average molecular weight is 584 g/mol. The Morgan fingerprint density at radius 2 is 1.90 bits per heavy atom. The molecule has 1 spiro atoms. The fourth-order valence-electron chi connectivity index (χ4n) is 6.43. The smallest absolute Gasteiger partial charge is 0.243 e. The number of ether oxygens (including phenoxy) is 1. The summed E-state index contributed by atoms with van der Waals surface area (Å²) in [6, 6.07) is 17.5. The summed E-state index contributed by atoms with van der Waals surface area (Å²) in [5, 5.41) is 4.11. The number of rotatable bonds is 5. The number of amides is 3. The second kappa shape index (κ2) is 11.9. The van der Waals surface area contributed by atoms with Crippen molar-refractivity contribution >= 4 is 40.9 Å². The molecule has 1 aliphatic carbocycles. The van der Waals surface area contributed by atoms with Gasteiger partial charge < -0.3 is 25.7 Å². The zero-order valence-corrected chi connectivity index (χ0v) is 24.0. The maximum atomic E-state index is 13.7. The van der Waals surface area contributed by atoms with E-state index in [1.165, 1.54) is 12.8 Å². The van der Waals surface area contributed by atoms with Crippen LogP contribution >= 0.6 is 11.8 Å². The predicted octanol–water partition coefficient (Wildman–Crippen LogP) is 4.94. The zero-order chi connectivity index (χ0) is 29.1. The predicted molar refractivity (Wildman–Crippen MR) is 160 cm³/mol. The Morgan fingerprint density at radius 1 is 1.12 bits per heavy atom. The summed E-state index contributed by atoms with van der Waals surface area (Å²) in [6.07, 6.45) is 9.29. The zero-order valence-electron chi connectivity index (χ0n) is 23.2. The van der Waals surface area contributed by atoms with E-state index in [1.54, 1.807) is 18.0 Å². The van der Waals surface area contributed by atoms with Crippen LogP contribution in [0.15, 0.2) is 76.8 Å². The highest BCUT2D eigenvalue weighted by Gasteiger charge is 2.49. The van der Waals surface area contributed by atoms with E-state index in [9.17, 15) is 9.59 Å². The molecular weight excluding hydrogens is 550 g/mol. The van der Waals surface area contributed by atoms with Crippen molar-refractivity contribution in [1.82, 2.24) is 20.2 Å². The van der Waals surface area contributed by atoms with E-state index in [0.717, 1.165) is 62.7 Å². The molecule has 10 heteroatoms. The lowest BCUT2D eigenvalue weighted by atomic mass is 9.84. The SMILES string of the molecule is NC=O.O=C(NCc1cc2cnccc2[nH]1)C1CC2(CCCC2)CN1C(=O)Cc1ccc2c(c1)Oc1ccccc1S2. The van der Waals surface area contributed by atoms with Crippen molar-refractivity contribution in [2.75, 3.05) is 6.54 Å². The maximum absolute atomic E-state index is 13.7. The van der Waals surface area contributed by atoms with Gasteiger partial charge in [-0.1, -0.05) is 42.8 Å². The number of nitrogens with one attached hydrogen (secondary N) is 2. The number of hydrogen-bond donors (Lipinski definition) is 3. The molecule has 2 aromatic heterocycles. The second-order valence-corrected chi connectivity index (χ2v) is 12.3. The van der Waals surface area contributed by atoms with Crippen molar-refractivity contribution in [2.45, 2.75) is 60.9 Å². The molecule has 2 fully saturated rings. The van der Waals surface area contributed by atoms with Crippen LogP contribution in [0.4, 0.5) is 0 Å². The third-order valence-electron chi connectivity index (χ3n) is 8.38. The van der Waals surface area contributed by atoms with Gasteiger partial charge in [-0.15, -0.1) is 0 Å². The van der Waals surface area contributed by atoms with Crippen LogP contribution in [0.1, 0.15) is 43.4 Å². The van der Waals surface area contributed by atoms with Crippen LogP contribution in [-0.2, 0) is 27.3 Å². The Hall–Kier alpha value is -4.31. The highest BCUT2D eigenvalue weighted by molar-refractivity contribution is 7.99. The van der Waals surface area contributed by atoms with E-state index < -0.39 is 6.04 Å². The van der Waals surface area contributed by atoms with Crippen molar-refractivity contribution in [3.8, 4) is 11.5 Å². The van der Waals surface area contributed by atoms with Crippen LogP contribution in [0.3, 0.4) is 0 Å². The van der Waals surface area contributed by atoms with Crippen LogP contribution in [0, 0.1) is 5.41 Å². The van der Waals surface area contributed by atoms with Gasteiger partial charge in [0.05, 0.1) is 22.8 Å². The summed E-state index contributed by atoms with van der Waals surface area (Å²) in [7, 11) is 0. The lowest BCUT2D eigenvalue weighted by Crippen LogP contribution is -2.46. The van der Waals surface area contributed by atoms with Gasteiger partial charge in [-0.3, -0.25) is 19.4 Å². The van der Waals surface area contributed by atoms with Gasteiger partial charge in [-0.25, -0.2) is 0 Å². The van der Waals surface area contributed by atoms with E-state index in [4.69, 9.17) is 9.53 Å². The molecule has 0 bridgehead atoms. The van der Waals surface area contributed by atoms with Gasteiger partial charge in [-0.2, -0.15) is 0 Å². The van der Waals surface area contributed by atoms with Gasteiger partial charge in [0.2, 0.25) is 18.2 Å². The van der Waals surface area contributed by atoms with Gasteiger partial charge in [0.15, 0.2) is 0 Å². The molecule has 1 atom stereocenters. The number of nitrogens with two attached hydrogens (primary N) is 1. The molecule has 4 aromatic rings. The number of pyridine rings is 1. The third kappa shape index (κ3) is 5.72. The number of aromatic nitrogens is 2. The number of hydrogen-bond acceptors (Lipinski definition) is 6. The fourth-order valence-corrected chi connectivity index (χ4v) is 7.36. The number of carbonyl (C=O) groups excluding carboxylic acids is 3. The summed E-state index contributed by atoms with van der Waals surface area (Å²) in [4.78, 5) is 47.3. The molecule has 2 aromatic carbocycles. The minimum absolute atomic E-state index is 0.000533. The number of aromatic amines is 1. The highest BCUT2D eigenvalue weighted by atomic mass is 32.2. The molecular formula is C32H33N5O4S. The molecule has 42 heavy (non-hydrogen) atoms. The quantitative estimate of drug-likeness (QED) is 0.251. The first kappa shape index (κ1) is 27.8. The Bertz CT molecular complexity index is 1600. The Morgan fingerprint density at radius 3 is 2.71 bits per heavy atom. The minimum atomic E-state index is -0.446. The first-order valence-corrected chi connectivity index (χ1v) is 15.0. The van der Waals surface area contributed by atoms with Crippen LogP contribution < -0.4 is 15.8 Å². The van der Waals surface area contributed by atoms with E-state index in [0.29, 0.717) is 13.1 Å². The lowest BCUT2D eigenvalue weighted by Gasteiger charge is -2.25. The van der Waals surface area contributed by atoms with Crippen molar-refractivity contribution in [3.05, 3.63) is 78.2 Å². The Labute approximate surface area is 248 Å². The van der Waals surface area contributed by atoms with Crippen molar-refractivity contribution < 1.29 is 19.1 Å². The van der Waals surface area contributed by atoms with E-state index >= 15 is 0 Å². The van der Waals surface area contributed by atoms with Gasteiger partial charge in [0.25, 0.3) is 0 Å². The molecule has 0 radical (unpaired) electrons. The molecule has 4 heterocycles. The molecule has 4 N–H and O–H groups in total. The first-order chi connectivity index (χ1) is 20.5. The van der Waals surface area contributed by atoms with E-state index in [2.05, 4.69) is 21.0 Å². The van der Waals surface area contributed by atoms with Crippen LogP contribution in [0.2, 0.25) is 0 Å². The fraction of sp³-hybridized carbons (Fsp3) is 0.312. The number of fused-ring (bicyclic) bond motifs is 3. The van der Waals surface area contributed by atoms with Crippen LogP contribution in [0.25, 0.3) is 10.9 Å². The molecule has 7 rings (SSSR count). The van der Waals surface area contributed by atoms with Crippen LogP contribution in [0.5, 0.6) is 11.5 Å². The molecule has 2 aliphatic heterocycles. The van der Waals surface area contributed by atoms with Gasteiger partial charge >= 0.3 is 0 Å². The molecule has 3 amide bonds. The third-order valence-corrected chi connectivity index (χ3v) is 9.49. The molecule has 216 valence electrons. The number of likely N-dealkylation sites (tertiary alicyclic amines) is 1. The van der Waals surface area contributed by atoms with Gasteiger partial charge in [0, 0.05) is 35.5 Å². The normalized spacial score (nSPS) is 18.0. The number of para-hydroxylation sites is 1. The first-order valence-electron chi connectivity index (χ1n) is 14.2. The van der Waals surface area contributed by atoms with Crippen molar-refractivity contribution in [3.63, 3.8) is 0 Å². The lowest BCUT2D eigenvalue weighted by molar-refractivity contribution is -0.138. The largest absolute Gasteiger partial charge is 0.455 e. The maximum Gasteiger partial charge on any atom is 0.243 e. The van der Waals surface area contributed by atoms with Crippen LogP contribution in [-0.4, -0.2) is 45.7 Å². The molecule has 1 unspecified atom stereocenters. The highest BCUT2D eigenvalue weighted by Crippen LogP contribution is 2.49. The summed E-state index contributed by atoms with van der Waals surface area (Å²) < 4.78 is 6.14. The number of carbonyl (C=O) groups is 3. The average Bonchev–Trinajstić information content (AvgIpc) is 3.74. The number of benzene rings is 2. The molecule has 3 aliphatic rings. The summed E-state index contributed by atoms with van der Waals surface area (Å²) >= 11 is 1.68. The van der Waals surface area contributed by atoms with Gasteiger partial charge in [0.1, 0.15) is 17.5 Å².